The van der Waals surface area contributed by atoms with E-state index in [1.807, 2.05) is 0 Å². The fourth-order valence-corrected chi connectivity index (χ4v) is 4.83. The van der Waals surface area contributed by atoms with Gasteiger partial charge in [-0.2, -0.15) is 13.2 Å². The van der Waals surface area contributed by atoms with E-state index < -0.39 is 30.1 Å². The van der Waals surface area contributed by atoms with Crippen molar-refractivity contribution in [2.45, 2.75) is 43.6 Å². The van der Waals surface area contributed by atoms with Crippen LogP contribution in [0, 0.1) is 11.7 Å². The summed E-state index contributed by atoms with van der Waals surface area (Å²) in [6, 6.07) is 6.36. The van der Waals surface area contributed by atoms with Crippen LogP contribution in [0.25, 0.3) is 0 Å². The Morgan fingerprint density at radius 1 is 1.09 bits per heavy atom. The lowest BCUT2D eigenvalue weighted by molar-refractivity contribution is -0.210. The molecular weight excluding hydrogens is 491 g/mol. The highest BCUT2D eigenvalue weighted by Crippen LogP contribution is 2.53. The van der Waals surface area contributed by atoms with E-state index in [1.54, 1.807) is 0 Å². The first-order valence-electron chi connectivity index (χ1n) is 10.2. The molecule has 0 aromatic heterocycles. The van der Waals surface area contributed by atoms with Crippen molar-refractivity contribution in [2.24, 2.45) is 5.92 Å². The highest BCUT2D eigenvalue weighted by Gasteiger charge is 2.65. The number of rotatable bonds is 6. The second kappa shape index (κ2) is 8.84. The summed E-state index contributed by atoms with van der Waals surface area (Å²) in [6.07, 6.45) is -4.95. The number of anilines is 1. The van der Waals surface area contributed by atoms with Gasteiger partial charge >= 0.3 is 6.18 Å². The molecule has 2 aliphatic rings. The molecule has 2 atom stereocenters. The molecule has 2 aromatic rings. The number of benzene rings is 2. The van der Waals surface area contributed by atoms with Gasteiger partial charge in [0.25, 0.3) is 0 Å². The van der Waals surface area contributed by atoms with Crippen LogP contribution < -0.4 is 10.2 Å². The van der Waals surface area contributed by atoms with Gasteiger partial charge in [-0.05, 0) is 61.6 Å². The average molecular weight is 512 g/mol. The quantitative estimate of drug-likeness (QED) is 0.352. The zero-order valence-electron chi connectivity index (χ0n) is 16.8. The first-order chi connectivity index (χ1) is 15.0. The number of hydrogen-bond acceptors (Lipinski definition) is 3. The lowest BCUT2D eigenvalue weighted by Gasteiger charge is -2.37. The van der Waals surface area contributed by atoms with Gasteiger partial charge in [-0.25, -0.2) is 4.39 Å². The number of nitrogens with zero attached hydrogens (tertiary/aromatic N) is 1. The minimum atomic E-state index is -4.83. The second-order valence-corrected chi connectivity index (χ2v) is 9.58. The standard InChI is InChI=1S/C22H21Cl3F4N2O/c23-16-7-14(8-17(24)19(16)25)21(22(27,28)29)5-6-31(20(21)32)15-4-3-13(18(26)9-15)11-30-10-12-1-2-12/h3-4,7-9,12,20,30,32H,1-2,5-6,10-11H2/t20-,21+/m1/s1. The molecule has 2 N–H and O–H groups in total. The Kier molecular flexibility index (Phi) is 6.60. The number of alkyl halides is 3. The molecule has 4 rings (SSSR count). The maximum atomic E-state index is 14.7. The van der Waals surface area contributed by atoms with Gasteiger partial charge < -0.3 is 15.3 Å². The van der Waals surface area contributed by atoms with E-state index in [-0.39, 0.29) is 32.9 Å². The van der Waals surface area contributed by atoms with Crippen LogP contribution in [0.4, 0.5) is 23.2 Å². The van der Waals surface area contributed by atoms with E-state index in [0.29, 0.717) is 18.0 Å². The molecule has 1 aliphatic heterocycles. The summed E-state index contributed by atoms with van der Waals surface area (Å²) in [5.41, 5.74) is -2.37. The third kappa shape index (κ3) is 4.30. The molecule has 174 valence electrons. The summed E-state index contributed by atoms with van der Waals surface area (Å²) in [5.74, 6) is 0.0996. The van der Waals surface area contributed by atoms with Crippen LogP contribution in [0.1, 0.15) is 30.4 Å². The van der Waals surface area contributed by atoms with E-state index >= 15 is 0 Å². The smallest absolute Gasteiger partial charge is 0.372 e. The third-order valence-electron chi connectivity index (χ3n) is 6.30. The summed E-state index contributed by atoms with van der Waals surface area (Å²) in [5, 5.41) is 13.8. The minimum Gasteiger partial charge on any atom is -0.372 e. The molecule has 2 fully saturated rings. The molecule has 1 saturated carbocycles. The molecular formula is C22H21Cl3F4N2O. The van der Waals surface area contributed by atoms with Gasteiger partial charge in [-0.3, -0.25) is 0 Å². The molecule has 32 heavy (non-hydrogen) atoms. The summed E-state index contributed by atoms with van der Waals surface area (Å²) in [6.45, 7) is 1.00. The molecule has 0 unspecified atom stereocenters. The van der Waals surface area contributed by atoms with Crippen LogP contribution in [0.5, 0.6) is 0 Å². The number of hydrogen-bond donors (Lipinski definition) is 2. The van der Waals surface area contributed by atoms with Crippen LogP contribution in [-0.2, 0) is 12.0 Å². The van der Waals surface area contributed by atoms with Crippen molar-refractivity contribution in [3.63, 3.8) is 0 Å². The molecule has 1 saturated heterocycles. The van der Waals surface area contributed by atoms with Gasteiger partial charge in [0, 0.05) is 24.3 Å². The van der Waals surface area contributed by atoms with E-state index in [1.165, 1.54) is 25.0 Å². The van der Waals surface area contributed by atoms with Gasteiger partial charge in [0.2, 0.25) is 0 Å². The first kappa shape index (κ1) is 23.9. The predicted octanol–water partition coefficient (Wildman–Crippen LogP) is 6.31. The number of halogens is 7. The SMILES string of the molecule is O[C@H]1N(c2ccc(CNCC3CC3)c(F)c2)CC[C@@]1(c1cc(Cl)c(Cl)c(Cl)c1)C(F)(F)F. The molecule has 0 bridgehead atoms. The summed E-state index contributed by atoms with van der Waals surface area (Å²) < 4.78 is 57.8. The number of aliphatic hydroxyl groups is 1. The van der Waals surface area contributed by atoms with Crippen molar-refractivity contribution in [3.8, 4) is 0 Å². The van der Waals surface area contributed by atoms with Crippen LogP contribution >= 0.6 is 34.8 Å². The van der Waals surface area contributed by atoms with E-state index in [2.05, 4.69) is 5.32 Å². The van der Waals surface area contributed by atoms with Gasteiger partial charge in [0.15, 0.2) is 0 Å². The van der Waals surface area contributed by atoms with Crippen molar-refractivity contribution in [1.82, 2.24) is 5.32 Å². The maximum absolute atomic E-state index is 14.7. The highest BCUT2D eigenvalue weighted by molar-refractivity contribution is 6.48. The first-order valence-corrected chi connectivity index (χ1v) is 11.3. The molecule has 0 amide bonds. The van der Waals surface area contributed by atoms with Crippen LogP contribution in [0.3, 0.4) is 0 Å². The highest BCUT2D eigenvalue weighted by atomic mass is 35.5. The fourth-order valence-electron chi connectivity index (χ4n) is 4.23. The molecule has 1 aliphatic carbocycles. The van der Waals surface area contributed by atoms with Crippen molar-refractivity contribution in [2.75, 3.05) is 18.0 Å². The van der Waals surface area contributed by atoms with E-state index in [0.717, 1.165) is 29.6 Å². The topological polar surface area (TPSA) is 35.5 Å². The normalized spacial score (nSPS) is 23.8. The van der Waals surface area contributed by atoms with Crippen molar-refractivity contribution >= 4 is 40.5 Å². The Morgan fingerprint density at radius 3 is 2.31 bits per heavy atom. The van der Waals surface area contributed by atoms with Crippen molar-refractivity contribution in [3.05, 3.63) is 62.3 Å². The van der Waals surface area contributed by atoms with Gasteiger partial charge in [-0.15, -0.1) is 0 Å². The molecule has 1 heterocycles. The lowest BCUT2D eigenvalue weighted by Crippen LogP contribution is -2.52. The second-order valence-electron chi connectivity index (χ2n) is 8.39. The molecule has 10 heteroatoms. The Labute approximate surface area is 198 Å². The summed E-state index contributed by atoms with van der Waals surface area (Å²) >= 11 is 17.9. The van der Waals surface area contributed by atoms with Crippen LogP contribution in [0.15, 0.2) is 30.3 Å². The zero-order valence-corrected chi connectivity index (χ0v) is 19.1. The van der Waals surface area contributed by atoms with Gasteiger partial charge in [-0.1, -0.05) is 40.9 Å². The maximum Gasteiger partial charge on any atom is 0.402 e. The van der Waals surface area contributed by atoms with Gasteiger partial charge in [0.05, 0.1) is 15.1 Å². The Bertz CT molecular complexity index is 992. The summed E-state index contributed by atoms with van der Waals surface area (Å²) in [7, 11) is 0. The molecule has 3 nitrogen and oxygen atoms in total. The minimum absolute atomic E-state index is 0.0632. The van der Waals surface area contributed by atoms with E-state index in [4.69, 9.17) is 34.8 Å². The Morgan fingerprint density at radius 2 is 1.75 bits per heavy atom. The summed E-state index contributed by atoms with van der Waals surface area (Å²) in [4.78, 5) is 1.15. The average Bonchev–Trinajstić information content (AvgIpc) is 3.47. The largest absolute Gasteiger partial charge is 0.402 e. The number of aliphatic hydroxyl groups excluding tert-OH is 1. The number of nitrogens with one attached hydrogen (secondary N) is 1. The lowest BCUT2D eigenvalue weighted by atomic mass is 9.77. The third-order valence-corrected chi connectivity index (χ3v) is 7.50. The predicted molar refractivity (Wildman–Crippen MR) is 118 cm³/mol. The molecule has 0 spiro atoms. The Balaban J connectivity index is 1.63. The molecule has 0 radical (unpaired) electrons. The van der Waals surface area contributed by atoms with Gasteiger partial charge in [0.1, 0.15) is 17.5 Å². The van der Waals surface area contributed by atoms with Crippen molar-refractivity contribution in [1.29, 1.82) is 0 Å². The Hall–Kier alpha value is -1.25. The molecule has 2 aromatic carbocycles. The monoisotopic (exact) mass is 510 g/mol. The van der Waals surface area contributed by atoms with Crippen LogP contribution in [0.2, 0.25) is 15.1 Å². The van der Waals surface area contributed by atoms with Crippen molar-refractivity contribution < 1.29 is 22.7 Å². The fraction of sp³-hybridized carbons (Fsp3) is 0.455. The van der Waals surface area contributed by atoms with Crippen LogP contribution in [-0.4, -0.2) is 30.6 Å². The zero-order chi connectivity index (χ0) is 23.3. The van der Waals surface area contributed by atoms with E-state index in [9.17, 15) is 22.7 Å².